The third-order valence-corrected chi connectivity index (χ3v) is 4.48. The van der Waals surface area contributed by atoms with Gasteiger partial charge in [-0.05, 0) is 23.6 Å². The van der Waals surface area contributed by atoms with Crippen molar-refractivity contribution in [1.82, 2.24) is 0 Å². The predicted octanol–water partition coefficient (Wildman–Crippen LogP) is 7.77. The molecule has 0 aliphatic rings. The number of hydrogen-bond donors (Lipinski definition) is 0. The molecule has 0 heterocycles. The zero-order valence-electron chi connectivity index (χ0n) is 16.9. The highest BCUT2D eigenvalue weighted by Crippen LogP contribution is 2.46. The molecule has 1 atom stereocenters. The standard InChI is InChI=1S/C28H30/c1-7-12-15-20-24(6)28(25(11-5)18-9-3,27-22-16-14-17-23-27)26(19-10-4)21-13-8-2/h7-23H,1-5H2,6H3/b15-12-,21-13-,24-20+,25-18+,26-19+. The Bertz CT molecular complexity index is 851. The molecule has 0 aliphatic heterocycles. The summed E-state index contributed by atoms with van der Waals surface area (Å²) in [6.45, 7) is 21.7. The molecular weight excluding hydrogens is 336 g/mol. The van der Waals surface area contributed by atoms with Crippen LogP contribution in [0.25, 0.3) is 0 Å². The van der Waals surface area contributed by atoms with Crippen LogP contribution in [0.15, 0.2) is 153 Å². The van der Waals surface area contributed by atoms with Gasteiger partial charge in [-0.15, -0.1) is 0 Å². The van der Waals surface area contributed by atoms with Crippen molar-refractivity contribution in [1.29, 1.82) is 0 Å². The largest absolute Gasteiger partial charge is 0.0991 e. The van der Waals surface area contributed by atoms with Crippen molar-refractivity contribution in [2.24, 2.45) is 0 Å². The van der Waals surface area contributed by atoms with E-state index < -0.39 is 5.41 Å². The minimum absolute atomic E-state index is 0.559. The van der Waals surface area contributed by atoms with Crippen LogP contribution in [0, 0.1) is 0 Å². The summed E-state index contributed by atoms with van der Waals surface area (Å²) in [5.74, 6) is 0. The summed E-state index contributed by atoms with van der Waals surface area (Å²) < 4.78 is 0. The highest BCUT2D eigenvalue weighted by molar-refractivity contribution is 5.62. The van der Waals surface area contributed by atoms with Crippen molar-refractivity contribution >= 4 is 0 Å². The molecule has 0 bridgehead atoms. The third kappa shape index (κ3) is 5.08. The molecule has 0 radical (unpaired) electrons. The average molecular weight is 367 g/mol. The first-order chi connectivity index (χ1) is 13.6. The van der Waals surface area contributed by atoms with E-state index >= 15 is 0 Å². The second-order valence-corrected chi connectivity index (χ2v) is 6.10. The number of allylic oxidation sites excluding steroid dienone is 15. The van der Waals surface area contributed by atoms with Gasteiger partial charge in [-0.25, -0.2) is 0 Å². The summed E-state index contributed by atoms with van der Waals surface area (Å²) in [6, 6.07) is 10.4. The molecule has 0 saturated carbocycles. The summed E-state index contributed by atoms with van der Waals surface area (Å²) in [6.07, 6.45) is 23.1. The maximum absolute atomic E-state index is 4.10. The minimum Gasteiger partial charge on any atom is -0.0991 e. The highest BCUT2D eigenvalue weighted by atomic mass is 14.4. The monoisotopic (exact) mass is 366 g/mol. The normalized spacial score (nSPS) is 15.2. The lowest BCUT2D eigenvalue weighted by molar-refractivity contribution is 0.722. The molecular formula is C28H30. The second-order valence-electron chi connectivity index (χ2n) is 6.10. The van der Waals surface area contributed by atoms with Crippen LogP contribution in [0.2, 0.25) is 0 Å². The Balaban J connectivity index is 4.12. The Morgan fingerprint density at radius 3 is 1.86 bits per heavy atom. The molecule has 0 aromatic heterocycles. The van der Waals surface area contributed by atoms with E-state index in [0.717, 1.165) is 22.3 Å². The summed E-state index contributed by atoms with van der Waals surface area (Å²) in [5, 5.41) is 0. The van der Waals surface area contributed by atoms with Gasteiger partial charge in [0.25, 0.3) is 0 Å². The summed E-state index contributed by atoms with van der Waals surface area (Å²) in [4.78, 5) is 0. The molecule has 1 aromatic carbocycles. The van der Waals surface area contributed by atoms with Crippen LogP contribution in [0.3, 0.4) is 0 Å². The van der Waals surface area contributed by atoms with E-state index in [1.807, 2.05) is 60.7 Å². The molecule has 0 amide bonds. The smallest absolute Gasteiger partial charge is 0.0661 e. The molecule has 1 aromatic rings. The lowest BCUT2D eigenvalue weighted by Crippen LogP contribution is -2.32. The van der Waals surface area contributed by atoms with Crippen LogP contribution < -0.4 is 0 Å². The first-order valence-electron chi connectivity index (χ1n) is 9.23. The van der Waals surface area contributed by atoms with Gasteiger partial charge in [0.1, 0.15) is 0 Å². The molecule has 0 spiro atoms. The summed E-state index contributed by atoms with van der Waals surface area (Å²) >= 11 is 0. The zero-order chi connectivity index (χ0) is 20.8. The van der Waals surface area contributed by atoms with Gasteiger partial charge >= 0.3 is 0 Å². The van der Waals surface area contributed by atoms with Crippen molar-refractivity contribution in [2.75, 3.05) is 0 Å². The molecule has 142 valence electrons. The Labute approximate surface area is 171 Å². The first-order valence-corrected chi connectivity index (χ1v) is 9.23. The lowest BCUT2D eigenvalue weighted by atomic mass is 9.63. The molecule has 0 saturated heterocycles. The van der Waals surface area contributed by atoms with Gasteiger partial charge in [0.15, 0.2) is 0 Å². The van der Waals surface area contributed by atoms with E-state index in [9.17, 15) is 0 Å². The number of benzene rings is 1. The van der Waals surface area contributed by atoms with Gasteiger partial charge in [0.05, 0.1) is 5.41 Å². The number of rotatable bonds is 11. The summed E-state index contributed by atoms with van der Waals surface area (Å²) in [5.41, 5.74) is 3.78. The molecule has 0 heteroatoms. The van der Waals surface area contributed by atoms with Crippen molar-refractivity contribution in [3.05, 3.63) is 158 Å². The molecule has 0 nitrogen and oxygen atoms in total. The zero-order valence-corrected chi connectivity index (χ0v) is 16.9. The van der Waals surface area contributed by atoms with Crippen LogP contribution in [-0.2, 0) is 5.41 Å². The van der Waals surface area contributed by atoms with Crippen molar-refractivity contribution in [3.8, 4) is 0 Å². The van der Waals surface area contributed by atoms with Gasteiger partial charge in [0.2, 0.25) is 0 Å². The van der Waals surface area contributed by atoms with Gasteiger partial charge in [0, 0.05) is 0 Å². The third-order valence-electron chi connectivity index (χ3n) is 4.48. The second kappa shape index (κ2) is 12.1. The Kier molecular flexibility index (Phi) is 9.78. The average Bonchev–Trinajstić information content (AvgIpc) is 2.72. The maximum Gasteiger partial charge on any atom is 0.0661 e. The van der Waals surface area contributed by atoms with Crippen molar-refractivity contribution in [3.63, 3.8) is 0 Å². The summed E-state index contributed by atoms with van der Waals surface area (Å²) in [7, 11) is 0. The lowest BCUT2D eigenvalue weighted by Gasteiger charge is -2.39. The molecule has 1 unspecified atom stereocenters. The SMILES string of the molecule is C=C/C=C\C=C(/C)C(/C(C=C)=C/C=C)(C(/C=C\C=C)=C/C=C)c1ccccc1. The fraction of sp³-hybridized carbons (Fsp3) is 0.0714. The van der Waals surface area contributed by atoms with E-state index in [-0.39, 0.29) is 0 Å². The molecule has 28 heavy (non-hydrogen) atoms. The quantitative estimate of drug-likeness (QED) is 0.351. The van der Waals surface area contributed by atoms with Crippen LogP contribution in [0.5, 0.6) is 0 Å². The Hall–Kier alpha value is -3.38. The van der Waals surface area contributed by atoms with E-state index in [0.29, 0.717) is 0 Å². The van der Waals surface area contributed by atoms with Gasteiger partial charge in [-0.2, -0.15) is 0 Å². The molecule has 0 aliphatic carbocycles. The predicted molar refractivity (Wildman–Crippen MR) is 127 cm³/mol. The highest BCUT2D eigenvalue weighted by Gasteiger charge is 2.39. The van der Waals surface area contributed by atoms with Crippen LogP contribution in [0.1, 0.15) is 12.5 Å². The molecule has 0 fully saturated rings. The van der Waals surface area contributed by atoms with E-state index in [1.165, 1.54) is 0 Å². The van der Waals surface area contributed by atoms with Gasteiger partial charge in [-0.1, -0.05) is 142 Å². The van der Waals surface area contributed by atoms with E-state index in [4.69, 9.17) is 0 Å². The fourth-order valence-corrected chi connectivity index (χ4v) is 3.35. The number of hydrogen-bond acceptors (Lipinski definition) is 0. The van der Waals surface area contributed by atoms with Crippen LogP contribution in [-0.4, -0.2) is 0 Å². The first kappa shape index (κ1) is 22.7. The Morgan fingerprint density at radius 1 is 0.714 bits per heavy atom. The topological polar surface area (TPSA) is 0 Å². The molecule has 1 rings (SSSR count). The maximum atomic E-state index is 4.10. The van der Waals surface area contributed by atoms with Gasteiger partial charge < -0.3 is 0 Å². The molecule has 0 N–H and O–H groups in total. The van der Waals surface area contributed by atoms with Crippen molar-refractivity contribution in [2.45, 2.75) is 12.3 Å². The Morgan fingerprint density at radius 2 is 1.32 bits per heavy atom. The van der Waals surface area contributed by atoms with Crippen LogP contribution >= 0.6 is 0 Å². The fourth-order valence-electron chi connectivity index (χ4n) is 3.35. The van der Waals surface area contributed by atoms with Crippen LogP contribution in [0.4, 0.5) is 0 Å². The minimum atomic E-state index is -0.559. The van der Waals surface area contributed by atoms with E-state index in [1.54, 1.807) is 18.2 Å². The van der Waals surface area contributed by atoms with E-state index in [2.05, 4.69) is 64.1 Å². The van der Waals surface area contributed by atoms with Gasteiger partial charge in [-0.3, -0.25) is 0 Å². The van der Waals surface area contributed by atoms with Crippen molar-refractivity contribution < 1.29 is 0 Å².